The molecule has 0 bridgehead atoms. The fourth-order valence-corrected chi connectivity index (χ4v) is 4.14. The molecule has 0 radical (unpaired) electrons. The highest BCUT2D eigenvalue weighted by Gasteiger charge is 2.32. The summed E-state index contributed by atoms with van der Waals surface area (Å²) in [5.74, 6) is 2.61. The topological polar surface area (TPSA) is 36.4 Å². The number of hydrogen-bond donors (Lipinski definition) is 0. The Balaban J connectivity index is 1.45. The van der Waals surface area contributed by atoms with E-state index in [2.05, 4.69) is 23.7 Å². The van der Waals surface area contributed by atoms with Crippen molar-refractivity contribution < 1.29 is 4.79 Å². The average molecular weight is 329 g/mol. The van der Waals surface area contributed by atoms with E-state index in [4.69, 9.17) is 0 Å². The number of nitrogens with zero attached hydrogens (tertiary/aromatic N) is 3. The molecule has 3 rings (SSSR count). The van der Waals surface area contributed by atoms with Crippen LogP contribution in [0, 0.1) is 17.8 Å². The van der Waals surface area contributed by atoms with Crippen molar-refractivity contribution in [1.29, 1.82) is 0 Å². The second-order valence-electron chi connectivity index (χ2n) is 7.90. The van der Waals surface area contributed by atoms with Gasteiger partial charge in [0.05, 0.1) is 0 Å². The van der Waals surface area contributed by atoms with Gasteiger partial charge in [0.1, 0.15) is 0 Å². The van der Waals surface area contributed by atoms with Crippen molar-refractivity contribution in [3.8, 4) is 0 Å². The number of aromatic nitrogens is 1. The lowest BCUT2D eigenvalue weighted by atomic mass is 9.83. The zero-order chi connectivity index (χ0) is 16.9. The van der Waals surface area contributed by atoms with E-state index in [0.717, 1.165) is 36.4 Å². The number of hydrogen-bond acceptors (Lipinski definition) is 3. The largest absolute Gasteiger partial charge is 0.339 e. The maximum atomic E-state index is 12.5. The number of carbonyl (C=O) groups excluding carboxylic acids is 1. The predicted octanol–water partition coefficient (Wildman–Crippen LogP) is 3.30. The first-order valence-corrected chi connectivity index (χ1v) is 9.55. The van der Waals surface area contributed by atoms with Crippen molar-refractivity contribution >= 4 is 5.91 Å². The molecule has 2 aliphatic rings. The summed E-state index contributed by atoms with van der Waals surface area (Å²) in [7, 11) is 0. The second kappa shape index (κ2) is 8.11. The van der Waals surface area contributed by atoms with Gasteiger partial charge in [0, 0.05) is 37.6 Å². The Labute approximate surface area is 146 Å². The Morgan fingerprint density at radius 3 is 2.46 bits per heavy atom. The van der Waals surface area contributed by atoms with Crippen LogP contribution < -0.4 is 0 Å². The van der Waals surface area contributed by atoms with E-state index in [-0.39, 0.29) is 5.91 Å². The van der Waals surface area contributed by atoms with Gasteiger partial charge in [-0.25, -0.2) is 0 Å². The van der Waals surface area contributed by atoms with Gasteiger partial charge in [0.25, 0.3) is 5.91 Å². The molecule has 24 heavy (non-hydrogen) atoms. The van der Waals surface area contributed by atoms with Gasteiger partial charge < -0.3 is 9.80 Å². The highest BCUT2D eigenvalue weighted by atomic mass is 16.2. The van der Waals surface area contributed by atoms with Gasteiger partial charge in [0.15, 0.2) is 0 Å². The molecule has 0 spiro atoms. The van der Waals surface area contributed by atoms with Crippen LogP contribution in [0.4, 0.5) is 0 Å². The molecule has 132 valence electrons. The summed E-state index contributed by atoms with van der Waals surface area (Å²) in [4.78, 5) is 21.2. The lowest BCUT2D eigenvalue weighted by Crippen LogP contribution is -2.40. The fourth-order valence-electron chi connectivity index (χ4n) is 4.14. The summed E-state index contributed by atoms with van der Waals surface area (Å²) in [6, 6.07) is 3.63. The molecule has 3 heterocycles. The minimum Gasteiger partial charge on any atom is -0.339 e. The fraction of sp³-hybridized carbons (Fsp3) is 0.700. The van der Waals surface area contributed by atoms with Gasteiger partial charge in [-0.15, -0.1) is 0 Å². The molecule has 2 aliphatic heterocycles. The number of pyridine rings is 1. The third-order valence-corrected chi connectivity index (χ3v) is 5.75. The van der Waals surface area contributed by atoms with Gasteiger partial charge >= 0.3 is 0 Å². The highest BCUT2D eigenvalue weighted by molar-refractivity contribution is 5.94. The van der Waals surface area contributed by atoms with E-state index in [1.54, 1.807) is 12.4 Å². The van der Waals surface area contributed by atoms with Crippen molar-refractivity contribution in [2.45, 2.75) is 39.5 Å². The SMILES string of the molecule is CC(C)CCN1CCC(C2CCN(C(=O)c3ccncc3)CC2)C1. The maximum absolute atomic E-state index is 12.5. The number of rotatable bonds is 5. The van der Waals surface area contributed by atoms with Crippen molar-refractivity contribution in [2.75, 3.05) is 32.7 Å². The lowest BCUT2D eigenvalue weighted by Gasteiger charge is -2.35. The number of piperidine rings is 1. The van der Waals surface area contributed by atoms with Crippen LogP contribution in [0.2, 0.25) is 0 Å². The third-order valence-electron chi connectivity index (χ3n) is 5.75. The molecular formula is C20H31N3O. The molecule has 1 atom stereocenters. The Hall–Kier alpha value is -1.42. The summed E-state index contributed by atoms with van der Waals surface area (Å²) in [5, 5.41) is 0. The summed E-state index contributed by atoms with van der Waals surface area (Å²) in [6.45, 7) is 10.2. The van der Waals surface area contributed by atoms with Crippen LogP contribution in [-0.4, -0.2) is 53.4 Å². The molecule has 0 N–H and O–H groups in total. The summed E-state index contributed by atoms with van der Waals surface area (Å²) < 4.78 is 0. The van der Waals surface area contributed by atoms with E-state index in [1.807, 2.05) is 17.0 Å². The monoisotopic (exact) mass is 329 g/mol. The molecule has 0 aromatic carbocycles. The van der Waals surface area contributed by atoms with E-state index >= 15 is 0 Å². The van der Waals surface area contributed by atoms with Crippen LogP contribution in [0.15, 0.2) is 24.5 Å². The summed E-state index contributed by atoms with van der Waals surface area (Å²) in [6.07, 6.45) is 8.39. The number of likely N-dealkylation sites (tertiary alicyclic amines) is 2. The smallest absolute Gasteiger partial charge is 0.253 e. The van der Waals surface area contributed by atoms with Crippen LogP contribution in [0.3, 0.4) is 0 Å². The van der Waals surface area contributed by atoms with Crippen LogP contribution in [0.5, 0.6) is 0 Å². The Morgan fingerprint density at radius 1 is 1.12 bits per heavy atom. The molecule has 2 saturated heterocycles. The number of amides is 1. The van der Waals surface area contributed by atoms with E-state index < -0.39 is 0 Å². The molecule has 1 amide bonds. The van der Waals surface area contributed by atoms with Crippen LogP contribution >= 0.6 is 0 Å². The molecule has 4 nitrogen and oxygen atoms in total. The van der Waals surface area contributed by atoms with Gasteiger partial charge in [-0.1, -0.05) is 13.8 Å². The summed E-state index contributed by atoms with van der Waals surface area (Å²) in [5.41, 5.74) is 0.768. The maximum Gasteiger partial charge on any atom is 0.253 e. The van der Waals surface area contributed by atoms with E-state index in [0.29, 0.717) is 0 Å². The van der Waals surface area contributed by atoms with Gasteiger partial charge in [-0.2, -0.15) is 0 Å². The molecule has 4 heteroatoms. The van der Waals surface area contributed by atoms with Crippen LogP contribution in [0.1, 0.15) is 49.9 Å². The summed E-state index contributed by atoms with van der Waals surface area (Å²) >= 11 is 0. The average Bonchev–Trinajstić information content (AvgIpc) is 3.09. The normalized spacial score (nSPS) is 23.1. The zero-order valence-electron chi connectivity index (χ0n) is 15.2. The van der Waals surface area contributed by atoms with Gasteiger partial charge in [-0.3, -0.25) is 9.78 Å². The predicted molar refractivity (Wildman–Crippen MR) is 96.9 cm³/mol. The van der Waals surface area contributed by atoms with Crippen molar-refractivity contribution in [1.82, 2.24) is 14.8 Å². The molecule has 0 aliphatic carbocycles. The van der Waals surface area contributed by atoms with Crippen molar-refractivity contribution in [3.63, 3.8) is 0 Å². The molecule has 0 saturated carbocycles. The highest BCUT2D eigenvalue weighted by Crippen LogP contribution is 2.32. The van der Waals surface area contributed by atoms with E-state index in [1.165, 1.54) is 45.3 Å². The molecule has 2 fully saturated rings. The van der Waals surface area contributed by atoms with Gasteiger partial charge in [-0.05, 0) is 68.7 Å². The molecule has 1 aromatic rings. The molecule has 1 unspecified atom stereocenters. The zero-order valence-corrected chi connectivity index (χ0v) is 15.2. The van der Waals surface area contributed by atoms with E-state index in [9.17, 15) is 4.79 Å². The van der Waals surface area contributed by atoms with Gasteiger partial charge in [0.2, 0.25) is 0 Å². The number of carbonyl (C=O) groups is 1. The van der Waals surface area contributed by atoms with Crippen LogP contribution in [0.25, 0.3) is 0 Å². The standard InChI is InChI=1S/C20H31N3O/c1-16(2)5-11-22-12-6-19(15-22)17-7-13-23(14-8-17)20(24)18-3-9-21-10-4-18/h3-4,9-10,16-17,19H,5-8,11-15H2,1-2H3. The Kier molecular flexibility index (Phi) is 5.88. The van der Waals surface area contributed by atoms with Crippen LogP contribution in [-0.2, 0) is 0 Å². The first-order chi connectivity index (χ1) is 11.6. The first kappa shape index (κ1) is 17.4. The Morgan fingerprint density at radius 2 is 1.79 bits per heavy atom. The van der Waals surface area contributed by atoms with Crippen molar-refractivity contribution in [3.05, 3.63) is 30.1 Å². The minimum absolute atomic E-state index is 0.167. The minimum atomic E-state index is 0.167. The first-order valence-electron chi connectivity index (χ1n) is 9.55. The van der Waals surface area contributed by atoms with Crippen molar-refractivity contribution in [2.24, 2.45) is 17.8 Å². The second-order valence-corrected chi connectivity index (χ2v) is 7.90. The quantitative estimate of drug-likeness (QED) is 0.831. The lowest BCUT2D eigenvalue weighted by molar-refractivity contribution is 0.0659. The molecular weight excluding hydrogens is 298 g/mol. The third kappa shape index (κ3) is 4.35. The Bertz CT molecular complexity index is 523. The molecule has 1 aromatic heterocycles.